The molecule has 1 rings (SSSR count). The van der Waals surface area contributed by atoms with E-state index in [0.29, 0.717) is 24.7 Å². The Hall–Kier alpha value is -0.890. The van der Waals surface area contributed by atoms with Crippen LogP contribution in [-0.2, 0) is 21.3 Å². The van der Waals surface area contributed by atoms with E-state index in [4.69, 9.17) is 9.15 Å². The van der Waals surface area contributed by atoms with Crippen molar-refractivity contribution < 1.29 is 17.6 Å². The van der Waals surface area contributed by atoms with Gasteiger partial charge in [0.15, 0.2) is 0 Å². The van der Waals surface area contributed by atoms with Gasteiger partial charge in [0.2, 0.25) is 10.0 Å². The van der Waals surface area contributed by atoms with Gasteiger partial charge in [-0.3, -0.25) is 0 Å². The van der Waals surface area contributed by atoms with Crippen molar-refractivity contribution in [2.75, 3.05) is 20.8 Å². The third-order valence-corrected chi connectivity index (χ3v) is 4.52. The fraction of sp³-hybridized carbons (Fsp3) is 0.692. The number of methoxy groups -OCH3 is 1. The van der Waals surface area contributed by atoms with E-state index in [1.165, 1.54) is 0 Å². The molecule has 0 aromatic carbocycles. The standard InChI is InChI=1S/C13H24N2O4S/c1-5-6-11(9-18-4)15-20(16,17)13-7-12(8-14-3)19-10(13)2/h7,11,14-15H,5-6,8-9H2,1-4H3. The second-order valence-electron chi connectivity index (χ2n) is 4.73. The van der Waals surface area contributed by atoms with E-state index >= 15 is 0 Å². The maximum Gasteiger partial charge on any atom is 0.244 e. The fourth-order valence-corrected chi connectivity index (χ4v) is 3.52. The average Bonchev–Trinajstić information content (AvgIpc) is 2.72. The molecule has 0 aliphatic carbocycles. The van der Waals surface area contributed by atoms with Gasteiger partial charge in [-0.1, -0.05) is 13.3 Å². The van der Waals surface area contributed by atoms with Gasteiger partial charge in [-0.15, -0.1) is 0 Å². The van der Waals surface area contributed by atoms with Gasteiger partial charge < -0.3 is 14.5 Å². The summed E-state index contributed by atoms with van der Waals surface area (Å²) in [6, 6.07) is 1.33. The summed E-state index contributed by atoms with van der Waals surface area (Å²) in [4.78, 5) is 0.194. The summed E-state index contributed by atoms with van der Waals surface area (Å²) < 4.78 is 37.9. The van der Waals surface area contributed by atoms with Crippen molar-refractivity contribution in [1.29, 1.82) is 0 Å². The van der Waals surface area contributed by atoms with E-state index in [-0.39, 0.29) is 10.9 Å². The topological polar surface area (TPSA) is 80.6 Å². The number of hydrogen-bond acceptors (Lipinski definition) is 5. The molecule has 0 aliphatic heterocycles. The zero-order valence-corrected chi connectivity index (χ0v) is 13.3. The Bertz CT molecular complexity index is 504. The van der Waals surface area contributed by atoms with Gasteiger partial charge in [-0.25, -0.2) is 13.1 Å². The van der Waals surface area contributed by atoms with Crippen molar-refractivity contribution in [2.24, 2.45) is 0 Å². The molecule has 1 heterocycles. The molecule has 20 heavy (non-hydrogen) atoms. The lowest BCUT2D eigenvalue weighted by atomic mass is 10.2. The summed E-state index contributed by atoms with van der Waals surface area (Å²) in [7, 11) is -0.245. The monoisotopic (exact) mass is 304 g/mol. The van der Waals surface area contributed by atoms with Crippen LogP contribution < -0.4 is 10.0 Å². The summed E-state index contributed by atoms with van der Waals surface area (Å²) >= 11 is 0. The number of nitrogens with one attached hydrogen (secondary N) is 2. The number of sulfonamides is 1. The molecule has 7 heteroatoms. The molecule has 0 aliphatic rings. The van der Waals surface area contributed by atoms with E-state index in [0.717, 1.165) is 12.8 Å². The first-order chi connectivity index (χ1) is 9.44. The third-order valence-electron chi connectivity index (χ3n) is 2.89. The van der Waals surface area contributed by atoms with E-state index in [1.807, 2.05) is 6.92 Å². The van der Waals surface area contributed by atoms with Crippen molar-refractivity contribution in [3.05, 3.63) is 17.6 Å². The first kappa shape index (κ1) is 17.2. The molecular weight excluding hydrogens is 280 g/mol. The minimum atomic E-state index is -3.58. The van der Waals surface area contributed by atoms with Crippen LogP contribution in [0.1, 0.15) is 31.3 Å². The van der Waals surface area contributed by atoms with E-state index in [1.54, 1.807) is 27.1 Å². The minimum absolute atomic E-state index is 0.194. The van der Waals surface area contributed by atoms with Crippen LogP contribution in [0.2, 0.25) is 0 Å². The molecule has 0 saturated carbocycles. The summed E-state index contributed by atoms with van der Waals surface area (Å²) in [5, 5.41) is 2.93. The van der Waals surface area contributed by atoms with Crippen molar-refractivity contribution in [2.45, 2.75) is 44.2 Å². The Morgan fingerprint density at radius 2 is 2.15 bits per heavy atom. The molecule has 2 N–H and O–H groups in total. The molecule has 1 aromatic rings. The number of hydrogen-bond donors (Lipinski definition) is 2. The lowest BCUT2D eigenvalue weighted by molar-refractivity contribution is 0.171. The summed E-state index contributed by atoms with van der Waals surface area (Å²) in [6.07, 6.45) is 1.61. The summed E-state index contributed by atoms with van der Waals surface area (Å²) in [5.41, 5.74) is 0. The van der Waals surface area contributed by atoms with Gasteiger partial charge in [0.1, 0.15) is 16.4 Å². The third kappa shape index (κ3) is 4.59. The largest absolute Gasteiger partial charge is 0.464 e. The summed E-state index contributed by atoms with van der Waals surface area (Å²) in [6.45, 7) is 4.50. The Morgan fingerprint density at radius 1 is 1.45 bits per heavy atom. The Labute approximate surface area is 120 Å². The SMILES string of the molecule is CCCC(COC)NS(=O)(=O)c1cc(CNC)oc1C. The highest BCUT2D eigenvalue weighted by Crippen LogP contribution is 2.20. The van der Waals surface area contributed by atoms with E-state index in [9.17, 15) is 8.42 Å². The van der Waals surface area contributed by atoms with Crippen molar-refractivity contribution >= 4 is 10.0 Å². The molecule has 0 saturated heterocycles. The van der Waals surface area contributed by atoms with Crippen LogP contribution in [-0.4, -0.2) is 35.2 Å². The number of rotatable bonds is 9. The quantitative estimate of drug-likeness (QED) is 0.721. The first-order valence-corrected chi connectivity index (χ1v) is 8.18. The predicted octanol–water partition coefficient (Wildman–Crippen LogP) is 1.40. The van der Waals surface area contributed by atoms with Crippen LogP contribution in [0.25, 0.3) is 0 Å². The second-order valence-corrected chi connectivity index (χ2v) is 6.41. The normalized spacial score (nSPS) is 13.6. The molecule has 1 unspecified atom stereocenters. The highest BCUT2D eigenvalue weighted by molar-refractivity contribution is 7.89. The van der Waals surface area contributed by atoms with Gasteiger partial charge in [-0.05, 0) is 20.4 Å². The van der Waals surface area contributed by atoms with Gasteiger partial charge in [0.05, 0.1) is 13.2 Å². The van der Waals surface area contributed by atoms with Crippen LogP contribution in [0, 0.1) is 6.92 Å². The van der Waals surface area contributed by atoms with Crippen molar-refractivity contribution in [3.8, 4) is 0 Å². The van der Waals surface area contributed by atoms with Crippen molar-refractivity contribution in [1.82, 2.24) is 10.0 Å². The first-order valence-electron chi connectivity index (χ1n) is 6.69. The van der Waals surface area contributed by atoms with Crippen LogP contribution in [0.4, 0.5) is 0 Å². The molecule has 0 spiro atoms. The predicted molar refractivity (Wildman–Crippen MR) is 77.1 cm³/mol. The lowest BCUT2D eigenvalue weighted by Gasteiger charge is -2.16. The Morgan fingerprint density at radius 3 is 2.70 bits per heavy atom. The Kier molecular flexibility index (Phi) is 6.67. The van der Waals surface area contributed by atoms with Crippen LogP contribution >= 0.6 is 0 Å². The zero-order chi connectivity index (χ0) is 15.2. The Balaban J connectivity index is 2.91. The molecule has 0 bridgehead atoms. The maximum atomic E-state index is 12.4. The molecule has 1 atom stereocenters. The van der Waals surface area contributed by atoms with Crippen molar-refractivity contribution in [3.63, 3.8) is 0 Å². The maximum absolute atomic E-state index is 12.4. The zero-order valence-electron chi connectivity index (χ0n) is 12.5. The number of aryl methyl sites for hydroxylation is 1. The van der Waals surface area contributed by atoms with Crippen LogP contribution in [0.15, 0.2) is 15.4 Å². The number of ether oxygens (including phenoxy) is 1. The summed E-state index contributed by atoms with van der Waals surface area (Å²) in [5.74, 6) is 1.000. The second kappa shape index (κ2) is 7.78. The number of furan rings is 1. The van der Waals surface area contributed by atoms with Gasteiger partial charge in [0.25, 0.3) is 0 Å². The lowest BCUT2D eigenvalue weighted by Crippen LogP contribution is -2.38. The van der Waals surface area contributed by atoms with Gasteiger partial charge in [0, 0.05) is 19.2 Å². The molecule has 116 valence electrons. The molecular formula is C13H24N2O4S. The molecule has 0 fully saturated rings. The van der Waals surface area contributed by atoms with E-state index < -0.39 is 10.0 Å². The van der Waals surface area contributed by atoms with Crippen LogP contribution in [0.5, 0.6) is 0 Å². The van der Waals surface area contributed by atoms with Gasteiger partial charge in [-0.2, -0.15) is 0 Å². The van der Waals surface area contributed by atoms with Crippen LogP contribution in [0.3, 0.4) is 0 Å². The minimum Gasteiger partial charge on any atom is -0.464 e. The molecule has 0 radical (unpaired) electrons. The smallest absolute Gasteiger partial charge is 0.244 e. The highest BCUT2D eigenvalue weighted by atomic mass is 32.2. The highest BCUT2D eigenvalue weighted by Gasteiger charge is 2.24. The van der Waals surface area contributed by atoms with Gasteiger partial charge >= 0.3 is 0 Å². The molecule has 6 nitrogen and oxygen atoms in total. The van der Waals surface area contributed by atoms with E-state index in [2.05, 4.69) is 10.0 Å². The average molecular weight is 304 g/mol. The molecule has 1 aromatic heterocycles. The molecule has 0 amide bonds. The fourth-order valence-electron chi connectivity index (χ4n) is 2.06.